The van der Waals surface area contributed by atoms with Crippen LogP contribution in [-0.4, -0.2) is 60.4 Å². The maximum Gasteiger partial charge on any atom is 0.258 e. The monoisotopic (exact) mass is 553 g/mol. The summed E-state index contributed by atoms with van der Waals surface area (Å²) in [5, 5.41) is 8.86. The number of hydrogen-bond acceptors (Lipinski definition) is 8. The fourth-order valence-electron chi connectivity index (χ4n) is 3.96. The number of hydrogen-bond donors (Lipinski definition) is 3. The van der Waals surface area contributed by atoms with Crippen LogP contribution in [0.1, 0.15) is 12.0 Å². The normalized spacial score (nSPS) is 16.2. The molecule has 1 aliphatic rings. The molecule has 0 amide bonds. The van der Waals surface area contributed by atoms with Crippen molar-refractivity contribution in [2.75, 3.05) is 42.4 Å². The molecule has 3 aromatic rings. The smallest absolute Gasteiger partial charge is 0.258 e. The maximum absolute atomic E-state index is 14.1. The van der Waals surface area contributed by atoms with Crippen LogP contribution in [0.25, 0.3) is 11.3 Å². The van der Waals surface area contributed by atoms with E-state index in [0.29, 0.717) is 30.0 Å². The number of nitrogens with one attached hydrogen (secondary N) is 1. The Morgan fingerprint density at radius 2 is 2.03 bits per heavy atom. The van der Waals surface area contributed by atoms with Crippen LogP contribution in [0.3, 0.4) is 0 Å². The molecule has 2 heterocycles. The quantitative estimate of drug-likeness (QED) is 0.326. The number of likely N-dealkylation sites (tertiary alicyclic amines) is 1. The van der Waals surface area contributed by atoms with Crippen molar-refractivity contribution in [2.24, 2.45) is 5.92 Å². The fourth-order valence-corrected chi connectivity index (χ4v) is 5.25. The molecule has 2 aromatic carbocycles. The second kappa shape index (κ2) is 11.5. The topological polar surface area (TPSA) is 131 Å². The molecule has 0 radical (unpaired) electrons. The van der Waals surface area contributed by atoms with Crippen LogP contribution in [0.4, 0.5) is 20.3 Å². The van der Waals surface area contributed by atoms with Gasteiger partial charge in [0.05, 0.1) is 22.7 Å². The lowest BCUT2D eigenvalue weighted by Crippen LogP contribution is -2.30. The summed E-state index contributed by atoms with van der Waals surface area (Å²) in [4.78, 5) is 10.4. The Labute approximate surface area is 218 Å². The number of nitrogen functional groups attached to an aromatic ring is 1. The molecule has 0 spiro atoms. The van der Waals surface area contributed by atoms with Gasteiger partial charge in [0.25, 0.3) is 5.88 Å². The van der Waals surface area contributed by atoms with Crippen molar-refractivity contribution in [2.45, 2.75) is 13.0 Å². The molecule has 1 aromatic heterocycles. The molecular formula is C24H26ClF2N5O4S. The predicted octanol–water partition coefficient (Wildman–Crippen LogP) is 3.29. The van der Waals surface area contributed by atoms with E-state index in [4.69, 9.17) is 22.1 Å². The number of rotatable bonds is 10. The highest BCUT2D eigenvalue weighted by Gasteiger charge is 2.23. The Morgan fingerprint density at radius 1 is 1.24 bits per heavy atom. The van der Waals surface area contributed by atoms with Crippen molar-refractivity contribution < 1.29 is 27.0 Å². The number of nitrogens with zero attached hydrogens (tertiary/aromatic N) is 3. The van der Waals surface area contributed by atoms with Gasteiger partial charge < -0.3 is 20.5 Å². The summed E-state index contributed by atoms with van der Waals surface area (Å²) in [6, 6.07) is 8.40. The van der Waals surface area contributed by atoms with Gasteiger partial charge in [0.2, 0.25) is 10.0 Å². The number of halogens is 3. The van der Waals surface area contributed by atoms with Gasteiger partial charge in [-0.25, -0.2) is 27.2 Å². The highest BCUT2D eigenvalue weighted by molar-refractivity contribution is 7.92. The lowest BCUT2D eigenvalue weighted by molar-refractivity contribution is 0.224. The van der Waals surface area contributed by atoms with E-state index in [1.165, 1.54) is 6.20 Å². The van der Waals surface area contributed by atoms with Crippen LogP contribution in [0.2, 0.25) is 5.02 Å². The Balaban J connectivity index is 1.45. The summed E-state index contributed by atoms with van der Waals surface area (Å²) in [6.45, 7) is 1.48. The molecule has 9 nitrogen and oxygen atoms in total. The molecular weight excluding hydrogens is 528 g/mol. The molecule has 0 unspecified atom stereocenters. The third-order valence-corrected chi connectivity index (χ3v) is 7.67. The average molecular weight is 554 g/mol. The van der Waals surface area contributed by atoms with Gasteiger partial charge in [-0.1, -0.05) is 23.7 Å². The van der Waals surface area contributed by atoms with Crippen LogP contribution >= 0.6 is 11.6 Å². The molecule has 198 valence electrons. The van der Waals surface area contributed by atoms with Crippen LogP contribution in [-0.2, 0) is 16.6 Å². The SMILES string of the molecule is Nc1ncc(-c2cccc(NS(=O)(=O)CCN3CC[C@@H](CO)C3)c2)nc1OCc1c(F)ccc(F)c1Cl. The van der Waals surface area contributed by atoms with E-state index in [0.717, 1.165) is 25.1 Å². The van der Waals surface area contributed by atoms with Crippen LogP contribution in [0.15, 0.2) is 42.6 Å². The molecule has 4 N–H and O–H groups in total. The van der Waals surface area contributed by atoms with Crippen molar-refractivity contribution in [3.05, 3.63) is 64.8 Å². The summed E-state index contributed by atoms with van der Waals surface area (Å²) >= 11 is 5.84. The molecule has 1 saturated heterocycles. The van der Waals surface area contributed by atoms with Gasteiger partial charge in [0.1, 0.15) is 18.2 Å². The maximum atomic E-state index is 14.1. The third kappa shape index (κ3) is 6.83. The standard InChI is InChI=1S/C24H26ClF2N5O4S/c25-22-18(19(26)4-5-20(22)27)14-36-24-23(28)29-11-21(30-24)16-2-1-3-17(10-16)31-37(34,35)9-8-32-7-6-15(12-32)13-33/h1-5,10-11,15,31,33H,6-9,12-14H2,(H2,28,29)/t15-/m1/s1. The second-order valence-electron chi connectivity index (χ2n) is 8.70. The first-order valence-corrected chi connectivity index (χ1v) is 13.5. The molecule has 0 bridgehead atoms. The first-order chi connectivity index (χ1) is 17.6. The Hall–Kier alpha value is -3.06. The van der Waals surface area contributed by atoms with E-state index in [1.807, 2.05) is 4.90 Å². The van der Waals surface area contributed by atoms with Crippen molar-refractivity contribution in [1.82, 2.24) is 14.9 Å². The minimum absolute atomic E-state index is 0.0705. The van der Waals surface area contributed by atoms with E-state index < -0.39 is 33.3 Å². The van der Waals surface area contributed by atoms with Crippen molar-refractivity contribution in [3.63, 3.8) is 0 Å². The zero-order valence-corrected chi connectivity index (χ0v) is 21.3. The highest BCUT2D eigenvalue weighted by Crippen LogP contribution is 2.28. The molecule has 1 atom stereocenters. The summed E-state index contributed by atoms with van der Waals surface area (Å²) in [5.41, 5.74) is 6.84. The number of ether oxygens (including phenoxy) is 1. The second-order valence-corrected chi connectivity index (χ2v) is 10.9. The van der Waals surface area contributed by atoms with Gasteiger partial charge in [0, 0.05) is 36.5 Å². The van der Waals surface area contributed by atoms with Crippen molar-refractivity contribution in [3.8, 4) is 17.1 Å². The molecule has 1 fully saturated rings. The number of sulfonamides is 1. The largest absolute Gasteiger partial charge is 0.470 e. The number of benzene rings is 2. The van der Waals surface area contributed by atoms with E-state index in [1.54, 1.807) is 24.3 Å². The van der Waals surface area contributed by atoms with Crippen molar-refractivity contribution in [1.29, 1.82) is 0 Å². The molecule has 1 aliphatic heterocycles. The van der Waals surface area contributed by atoms with Gasteiger partial charge in [-0.05, 0) is 43.1 Å². The zero-order chi connectivity index (χ0) is 26.6. The van der Waals surface area contributed by atoms with E-state index >= 15 is 0 Å². The minimum atomic E-state index is -3.62. The van der Waals surface area contributed by atoms with Crippen molar-refractivity contribution >= 4 is 33.1 Å². The Bertz CT molecular complexity index is 1380. The minimum Gasteiger partial charge on any atom is -0.470 e. The average Bonchev–Trinajstić information content (AvgIpc) is 3.34. The summed E-state index contributed by atoms with van der Waals surface area (Å²) in [5.74, 6) is -1.62. The predicted molar refractivity (Wildman–Crippen MR) is 137 cm³/mol. The van der Waals surface area contributed by atoms with Gasteiger partial charge in [-0.2, -0.15) is 0 Å². The van der Waals surface area contributed by atoms with Gasteiger partial charge >= 0.3 is 0 Å². The lowest BCUT2D eigenvalue weighted by Gasteiger charge is -2.16. The van der Waals surface area contributed by atoms with Gasteiger partial charge in [-0.3, -0.25) is 4.72 Å². The molecule has 0 aliphatic carbocycles. The van der Waals surface area contributed by atoms with Gasteiger partial charge in [0.15, 0.2) is 5.82 Å². The van der Waals surface area contributed by atoms with E-state index in [2.05, 4.69) is 14.7 Å². The molecule has 13 heteroatoms. The molecule has 4 rings (SSSR count). The van der Waals surface area contributed by atoms with Gasteiger partial charge in [-0.15, -0.1) is 0 Å². The first kappa shape index (κ1) is 27.0. The first-order valence-electron chi connectivity index (χ1n) is 11.5. The van der Waals surface area contributed by atoms with Crippen LogP contribution in [0, 0.1) is 17.6 Å². The van der Waals surface area contributed by atoms with E-state index in [9.17, 15) is 22.3 Å². The summed E-state index contributed by atoms with van der Waals surface area (Å²) in [6.07, 6.45) is 2.24. The Morgan fingerprint density at radius 3 is 2.78 bits per heavy atom. The number of anilines is 2. The third-order valence-electron chi connectivity index (χ3n) is 6.00. The number of aliphatic hydroxyl groups is 1. The lowest BCUT2D eigenvalue weighted by atomic mass is 10.1. The summed E-state index contributed by atoms with van der Waals surface area (Å²) in [7, 11) is -3.62. The summed E-state index contributed by atoms with van der Waals surface area (Å²) < 4.78 is 61.1. The van der Waals surface area contributed by atoms with Crippen LogP contribution < -0.4 is 15.2 Å². The number of aliphatic hydroxyl groups excluding tert-OH is 1. The number of aromatic nitrogens is 2. The Kier molecular flexibility index (Phi) is 8.42. The van der Waals surface area contributed by atoms with Crippen LogP contribution in [0.5, 0.6) is 5.88 Å². The molecule has 37 heavy (non-hydrogen) atoms. The molecule has 0 saturated carbocycles. The van der Waals surface area contributed by atoms with E-state index in [-0.39, 0.29) is 35.5 Å². The number of nitrogens with two attached hydrogens (primary N) is 1. The fraction of sp³-hybridized carbons (Fsp3) is 0.333. The zero-order valence-electron chi connectivity index (χ0n) is 19.7. The highest BCUT2D eigenvalue weighted by atomic mass is 35.5.